The van der Waals surface area contributed by atoms with Crippen LogP contribution < -0.4 is 9.47 Å². The molecule has 0 unspecified atom stereocenters. The van der Waals surface area contributed by atoms with Crippen LogP contribution in [-0.2, 0) is 0 Å². The van der Waals surface area contributed by atoms with Gasteiger partial charge in [0.2, 0.25) is 0 Å². The van der Waals surface area contributed by atoms with Gasteiger partial charge in [-0.05, 0) is 12.1 Å². The van der Waals surface area contributed by atoms with Gasteiger partial charge >= 0.3 is 0 Å². The van der Waals surface area contributed by atoms with E-state index in [1.807, 2.05) is 0 Å². The quantitative estimate of drug-likeness (QED) is 0.797. The van der Waals surface area contributed by atoms with Crippen molar-refractivity contribution >= 4 is 36.4 Å². The third-order valence-corrected chi connectivity index (χ3v) is 1.67. The molecule has 0 heterocycles. The Morgan fingerprint density at radius 3 is 2.15 bits per heavy atom. The van der Waals surface area contributed by atoms with Gasteiger partial charge in [0.05, 0.1) is 19.2 Å². The fraction of sp³-hybridized carbons (Fsp3) is 0.250. The molecule has 0 N–H and O–H groups in total. The zero-order chi connectivity index (χ0) is 8.27. The van der Waals surface area contributed by atoms with E-state index in [-0.39, 0.29) is 24.8 Å². The molecule has 13 heavy (non-hydrogen) atoms. The summed E-state index contributed by atoms with van der Waals surface area (Å²) >= 11 is 5.77. The number of hydrogen-bond donors (Lipinski definition) is 0. The van der Waals surface area contributed by atoms with Crippen molar-refractivity contribution in [3.63, 3.8) is 0 Å². The van der Waals surface area contributed by atoms with Crippen molar-refractivity contribution in [3.8, 4) is 11.5 Å². The standard InChI is InChI=1S/C8H9ClO2.2ClH/c1-10-6-3-4-7(9)8(5-6)11-2;;/h3-5H,1-2H3;2*1H. The molecule has 0 spiro atoms. The Bertz CT molecular complexity index is 253. The van der Waals surface area contributed by atoms with Crippen molar-refractivity contribution in [3.05, 3.63) is 23.2 Å². The zero-order valence-corrected chi connectivity index (χ0v) is 9.63. The summed E-state index contributed by atoms with van der Waals surface area (Å²) in [4.78, 5) is 0. The topological polar surface area (TPSA) is 18.5 Å². The van der Waals surface area contributed by atoms with Gasteiger partial charge in [-0.25, -0.2) is 0 Å². The van der Waals surface area contributed by atoms with Crippen LogP contribution in [0.5, 0.6) is 11.5 Å². The molecule has 1 aromatic rings. The number of halogens is 3. The van der Waals surface area contributed by atoms with Crippen LogP contribution in [0.25, 0.3) is 0 Å². The van der Waals surface area contributed by atoms with Crippen molar-refractivity contribution < 1.29 is 9.47 Å². The van der Waals surface area contributed by atoms with E-state index in [0.717, 1.165) is 5.75 Å². The van der Waals surface area contributed by atoms with Crippen molar-refractivity contribution in [1.29, 1.82) is 0 Å². The van der Waals surface area contributed by atoms with Crippen molar-refractivity contribution in [1.82, 2.24) is 0 Å². The average molecular weight is 246 g/mol. The van der Waals surface area contributed by atoms with E-state index in [4.69, 9.17) is 21.1 Å². The highest BCUT2D eigenvalue weighted by Crippen LogP contribution is 2.28. The maximum Gasteiger partial charge on any atom is 0.141 e. The second-order valence-electron chi connectivity index (χ2n) is 2.00. The summed E-state index contributed by atoms with van der Waals surface area (Å²) in [6.07, 6.45) is 0. The summed E-state index contributed by atoms with van der Waals surface area (Å²) in [6, 6.07) is 5.26. The van der Waals surface area contributed by atoms with Gasteiger partial charge in [0.1, 0.15) is 11.5 Å². The minimum Gasteiger partial charge on any atom is -0.497 e. The third-order valence-electron chi connectivity index (χ3n) is 1.36. The SMILES string of the molecule is COc1ccc(Cl)c(OC)c1.Cl.Cl. The molecule has 76 valence electrons. The summed E-state index contributed by atoms with van der Waals surface area (Å²) in [7, 11) is 3.17. The molecule has 2 nitrogen and oxygen atoms in total. The molecule has 0 saturated heterocycles. The molecule has 1 aromatic carbocycles. The monoisotopic (exact) mass is 244 g/mol. The molecule has 0 fully saturated rings. The van der Waals surface area contributed by atoms with Crippen molar-refractivity contribution in [2.45, 2.75) is 0 Å². The predicted octanol–water partition coefficient (Wildman–Crippen LogP) is 3.20. The molecule has 0 atom stereocenters. The lowest BCUT2D eigenvalue weighted by atomic mass is 10.3. The lowest BCUT2D eigenvalue weighted by Crippen LogP contribution is -1.86. The van der Waals surface area contributed by atoms with Gasteiger partial charge in [-0.1, -0.05) is 11.6 Å². The number of benzene rings is 1. The van der Waals surface area contributed by atoms with Crippen LogP contribution in [0.1, 0.15) is 0 Å². The minimum absolute atomic E-state index is 0. The van der Waals surface area contributed by atoms with Gasteiger partial charge in [0.25, 0.3) is 0 Å². The van der Waals surface area contributed by atoms with Gasteiger partial charge < -0.3 is 9.47 Å². The Labute approximate surface area is 95.0 Å². The van der Waals surface area contributed by atoms with Crippen LogP contribution in [0.2, 0.25) is 5.02 Å². The first-order chi connectivity index (χ1) is 5.27. The Balaban J connectivity index is 0. The average Bonchev–Trinajstić information content (AvgIpc) is 2.05. The van der Waals surface area contributed by atoms with E-state index in [9.17, 15) is 0 Å². The van der Waals surface area contributed by atoms with E-state index in [2.05, 4.69) is 0 Å². The first-order valence-electron chi connectivity index (χ1n) is 3.15. The van der Waals surface area contributed by atoms with Crippen LogP contribution in [0, 0.1) is 0 Å². The highest BCUT2D eigenvalue weighted by atomic mass is 35.5. The molecule has 0 aliphatic rings. The third kappa shape index (κ3) is 3.94. The summed E-state index contributed by atoms with van der Waals surface area (Å²) in [5.41, 5.74) is 0. The first kappa shape index (κ1) is 15.2. The molecule has 0 radical (unpaired) electrons. The second-order valence-corrected chi connectivity index (χ2v) is 2.41. The molecule has 1 rings (SSSR count). The largest absolute Gasteiger partial charge is 0.497 e. The highest BCUT2D eigenvalue weighted by Gasteiger charge is 2.00. The van der Waals surface area contributed by atoms with E-state index < -0.39 is 0 Å². The van der Waals surface area contributed by atoms with Crippen LogP contribution in [0.4, 0.5) is 0 Å². The number of hydrogen-bond acceptors (Lipinski definition) is 2. The van der Waals surface area contributed by atoms with Gasteiger partial charge in [-0.2, -0.15) is 0 Å². The Kier molecular flexibility index (Phi) is 8.32. The molecule has 0 aliphatic heterocycles. The molecule has 0 aromatic heterocycles. The van der Waals surface area contributed by atoms with Gasteiger partial charge in [-0.3, -0.25) is 0 Å². The van der Waals surface area contributed by atoms with E-state index in [0.29, 0.717) is 10.8 Å². The number of rotatable bonds is 2. The Hall–Kier alpha value is -0.310. The van der Waals surface area contributed by atoms with E-state index in [1.165, 1.54) is 0 Å². The van der Waals surface area contributed by atoms with Crippen molar-refractivity contribution in [2.75, 3.05) is 14.2 Å². The lowest BCUT2D eigenvalue weighted by Gasteiger charge is -2.04. The van der Waals surface area contributed by atoms with Crippen LogP contribution in [0.15, 0.2) is 18.2 Å². The molecule has 0 amide bonds. The smallest absolute Gasteiger partial charge is 0.141 e. The summed E-state index contributed by atoms with van der Waals surface area (Å²) in [6.45, 7) is 0. The maximum atomic E-state index is 5.77. The fourth-order valence-electron chi connectivity index (χ4n) is 0.767. The van der Waals surface area contributed by atoms with Gasteiger partial charge in [0.15, 0.2) is 0 Å². The molecular weight excluding hydrogens is 234 g/mol. The predicted molar refractivity (Wildman–Crippen MR) is 59.1 cm³/mol. The van der Waals surface area contributed by atoms with Gasteiger partial charge in [0, 0.05) is 6.07 Å². The lowest BCUT2D eigenvalue weighted by molar-refractivity contribution is 0.394. The summed E-state index contributed by atoms with van der Waals surface area (Å²) in [5.74, 6) is 1.37. The number of methoxy groups -OCH3 is 2. The molecule has 0 aliphatic carbocycles. The summed E-state index contributed by atoms with van der Waals surface area (Å²) < 4.78 is 9.95. The number of ether oxygens (including phenoxy) is 2. The van der Waals surface area contributed by atoms with Crippen molar-refractivity contribution in [2.24, 2.45) is 0 Å². The highest BCUT2D eigenvalue weighted by molar-refractivity contribution is 6.32. The van der Waals surface area contributed by atoms with Crippen LogP contribution in [-0.4, -0.2) is 14.2 Å². The zero-order valence-electron chi connectivity index (χ0n) is 7.24. The van der Waals surface area contributed by atoms with E-state index in [1.54, 1.807) is 32.4 Å². The molecular formula is C8H11Cl3O2. The maximum absolute atomic E-state index is 5.77. The molecule has 0 saturated carbocycles. The summed E-state index contributed by atoms with van der Waals surface area (Å²) in [5, 5.41) is 0.591. The fourth-order valence-corrected chi connectivity index (χ4v) is 0.962. The molecule has 0 bridgehead atoms. The van der Waals surface area contributed by atoms with E-state index >= 15 is 0 Å². The Morgan fingerprint density at radius 2 is 1.69 bits per heavy atom. The Morgan fingerprint density at radius 1 is 1.08 bits per heavy atom. The van der Waals surface area contributed by atoms with Crippen LogP contribution in [0.3, 0.4) is 0 Å². The second kappa shape index (κ2) is 7.13. The van der Waals surface area contributed by atoms with Crippen LogP contribution >= 0.6 is 36.4 Å². The van der Waals surface area contributed by atoms with Gasteiger partial charge in [-0.15, -0.1) is 24.8 Å². The normalized spacial score (nSPS) is 7.92. The first-order valence-corrected chi connectivity index (χ1v) is 3.53. The molecule has 5 heteroatoms. The minimum atomic E-state index is 0.